The number of benzene rings is 1. The SMILES string of the molecule is COc1ccccc1[C@@H](C)NC1CCCC(S(C)(=O)=O)C1. The topological polar surface area (TPSA) is 55.4 Å². The summed E-state index contributed by atoms with van der Waals surface area (Å²) in [4.78, 5) is 0. The third-order valence-electron chi connectivity index (χ3n) is 4.32. The molecule has 2 unspecified atom stereocenters. The first kappa shape index (κ1) is 16.3. The average Bonchev–Trinajstić information content (AvgIpc) is 2.46. The summed E-state index contributed by atoms with van der Waals surface area (Å²) in [5.74, 6) is 0.868. The monoisotopic (exact) mass is 311 g/mol. The number of hydrogen-bond acceptors (Lipinski definition) is 4. The lowest BCUT2D eigenvalue weighted by Gasteiger charge is -2.31. The van der Waals surface area contributed by atoms with E-state index in [2.05, 4.69) is 12.2 Å². The lowest BCUT2D eigenvalue weighted by Crippen LogP contribution is -2.39. The van der Waals surface area contributed by atoms with Gasteiger partial charge >= 0.3 is 0 Å². The van der Waals surface area contributed by atoms with E-state index >= 15 is 0 Å². The highest BCUT2D eigenvalue weighted by Gasteiger charge is 2.29. The van der Waals surface area contributed by atoms with Gasteiger partial charge in [-0.15, -0.1) is 0 Å². The molecule has 0 spiro atoms. The molecule has 3 atom stereocenters. The van der Waals surface area contributed by atoms with Crippen LogP contribution in [0.1, 0.15) is 44.2 Å². The van der Waals surface area contributed by atoms with Gasteiger partial charge in [0, 0.05) is 23.9 Å². The normalized spacial score (nSPS) is 24.5. The summed E-state index contributed by atoms with van der Waals surface area (Å²) < 4.78 is 28.9. The minimum absolute atomic E-state index is 0.143. The van der Waals surface area contributed by atoms with E-state index in [-0.39, 0.29) is 17.3 Å². The predicted molar refractivity (Wildman–Crippen MR) is 85.4 cm³/mol. The molecule has 1 aliphatic carbocycles. The second-order valence-electron chi connectivity index (χ2n) is 5.95. The molecule has 1 aromatic carbocycles. The van der Waals surface area contributed by atoms with E-state index in [0.29, 0.717) is 6.42 Å². The molecule has 4 nitrogen and oxygen atoms in total. The predicted octanol–water partition coefficient (Wildman–Crippen LogP) is 2.70. The molecule has 1 saturated carbocycles. The van der Waals surface area contributed by atoms with Crippen molar-refractivity contribution in [2.24, 2.45) is 0 Å². The Morgan fingerprint density at radius 3 is 2.67 bits per heavy atom. The van der Waals surface area contributed by atoms with Crippen LogP contribution < -0.4 is 10.1 Å². The number of hydrogen-bond donors (Lipinski definition) is 1. The van der Waals surface area contributed by atoms with Crippen LogP contribution in [-0.4, -0.2) is 33.1 Å². The third kappa shape index (κ3) is 4.20. The van der Waals surface area contributed by atoms with Crippen molar-refractivity contribution in [2.75, 3.05) is 13.4 Å². The van der Waals surface area contributed by atoms with E-state index in [1.165, 1.54) is 6.26 Å². The van der Waals surface area contributed by atoms with E-state index in [0.717, 1.165) is 30.6 Å². The molecule has 2 rings (SSSR count). The van der Waals surface area contributed by atoms with Gasteiger partial charge in [-0.05, 0) is 32.3 Å². The Kier molecular flexibility index (Phi) is 5.27. The van der Waals surface area contributed by atoms with Crippen molar-refractivity contribution in [3.8, 4) is 5.75 Å². The molecule has 1 fully saturated rings. The minimum atomic E-state index is -2.94. The van der Waals surface area contributed by atoms with Crippen LogP contribution in [0, 0.1) is 0 Å². The standard InChI is InChI=1S/C16H25NO3S/c1-12(15-9-4-5-10-16(15)20-2)17-13-7-6-8-14(11-13)21(3,18)19/h4-5,9-10,12-14,17H,6-8,11H2,1-3H3/t12-,13?,14?/m1/s1. The van der Waals surface area contributed by atoms with Crippen molar-refractivity contribution in [1.82, 2.24) is 5.32 Å². The lowest BCUT2D eigenvalue weighted by atomic mass is 9.93. The molecule has 0 radical (unpaired) electrons. The second-order valence-corrected chi connectivity index (χ2v) is 8.27. The van der Waals surface area contributed by atoms with Gasteiger partial charge in [-0.3, -0.25) is 0 Å². The Hall–Kier alpha value is -1.07. The molecule has 0 amide bonds. The summed E-state index contributed by atoms with van der Waals surface area (Å²) in [6.45, 7) is 2.10. The van der Waals surface area contributed by atoms with Crippen molar-refractivity contribution in [3.05, 3.63) is 29.8 Å². The van der Waals surface area contributed by atoms with Gasteiger partial charge in [0.1, 0.15) is 15.6 Å². The van der Waals surface area contributed by atoms with Gasteiger partial charge < -0.3 is 10.1 Å². The van der Waals surface area contributed by atoms with Gasteiger partial charge in [0.2, 0.25) is 0 Å². The first-order valence-electron chi connectivity index (χ1n) is 7.49. The molecule has 118 valence electrons. The van der Waals surface area contributed by atoms with Crippen LogP contribution in [0.4, 0.5) is 0 Å². The zero-order valence-corrected chi connectivity index (χ0v) is 13.8. The van der Waals surface area contributed by atoms with Crippen LogP contribution in [-0.2, 0) is 9.84 Å². The molecule has 0 heterocycles. The summed E-state index contributed by atoms with van der Waals surface area (Å²) in [5.41, 5.74) is 1.11. The fourth-order valence-corrected chi connectivity index (χ4v) is 4.33. The van der Waals surface area contributed by atoms with E-state index < -0.39 is 9.84 Å². The van der Waals surface area contributed by atoms with E-state index in [4.69, 9.17) is 4.74 Å². The number of nitrogens with one attached hydrogen (secondary N) is 1. The maximum Gasteiger partial charge on any atom is 0.150 e. The van der Waals surface area contributed by atoms with Crippen LogP contribution >= 0.6 is 0 Å². The molecular formula is C16H25NO3S. The largest absolute Gasteiger partial charge is 0.496 e. The first-order chi connectivity index (χ1) is 9.91. The summed E-state index contributed by atoms with van der Waals surface area (Å²) in [5, 5.41) is 3.37. The zero-order valence-electron chi connectivity index (χ0n) is 13.0. The van der Waals surface area contributed by atoms with Gasteiger partial charge in [0.15, 0.2) is 0 Å². The number of ether oxygens (including phenoxy) is 1. The van der Waals surface area contributed by atoms with Crippen LogP contribution in [0.15, 0.2) is 24.3 Å². The molecule has 0 saturated heterocycles. The van der Waals surface area contributed by atoms with Gasteiger partial charge in [-0.1, -0.05) is 24.6 Å². The van der Waals surface area contributed by atoms with Crippen molar-refractivity contribution in [2.45, 2.75) is 49.9 Å². The Balaban J connectivity index is 2.04. The maximum atomic E-state index is 11.7. The van der Waals surface area contributed by atoms with Crippen molar-refractivity contribution < 1.29 is 13.2 Å². The smallest absolute Gasteiger partial charge is 0.150 e. The number of methoxy groups -OCH3 is 1. The molecule has 1 aromatic rings. The number of rotatable bonds is 5. The first-order valence-corrected chi connectivity index (χ1v) is 9.45. The minimum Gasteiger partial charge on any atom is -0.496 e. The van der Waals surface area contributed by atoms with Crippen LogP contribution in [0.2, 0.25) is 0 Å². The zero-order chi connectivity index (χ0) is 15.5. The Morgan fingerprint density at radius 2 is 2.00 bits per heavy atom. The summed E-state index contributed by atoms with van der Waals surface area (Å²) in [7, 11) is -1.26. The van der Waals surface area contributed by atoms with Crippen molar-refractivity contribution in [3.63, 3.8) is 0 Å². The van der Waals surface area contributed by atoms with Crippen LogP contribution in [0.3, 0.4) is 0 Å². The molecule has 1 N–H and O–H groups in total. The number of para-hydroxylation sites is 1. The van der Waals surface area contributed by atoms with Crippen molar-refractivity contribution in [1.29, 1.82) is 0 Å². The van der Waals surface area contributed by atoms with Crippen LogP contribution in [0.25, 0.3) is 0 Å². The fourth-order valence-electron chi connectivity index (χ4n) is 3.15. The van der Waals surface area contributed by atoms with Crippen molar-refractivity contribution >= 4 is 9.84 Å². The lowest BCUT2D eigenvalue weighted by molar-refractivity contribution is 0.339. The molecule has 0 aromatic heterocycles. The second kappa shape index (κ2) is 6.79. The quantitative estimate of drug-likeness (QED) is 0.908. The van der Waals surface area contributed by atoms with Crippen LogP contribution in [0.5, 0.6) is 5.75 Å². The van der Waals surface area contributed by atoms with E-state index in [9.17, 15) is 8.42 Å². The highest BCUT2D eigenvalue weighted by Crippen LogP contribution is 2.28. The Bertz CT molecular complexity index is 571. The Labute approximate surface area is 127 Å². The summed E-state index contributed by atoms with van der Waals surface area (Å²) in [6.07, 6.45) is 4.85. The van der Waals surface area contributed by atoms with Gasteiger partial charge in [0.05, 0.1) is 12.4 Å². The molecular weight excluding hydrogens is 286 g/mol. The highest BCUT2D eigenvalue weighted by atomic mass is 32.2. The molecule has 0 bridgehead atoms. The maximum absolute atomic E-state index is 11.7. The third-order valence-corrected chi connectivity index (χ3v) is 5.96. The summed E-state index contributed by atoms with van der Waals surface area (Å²) >= 11 is 0. The van der Waals surface area contributed by atoms with Gasteiger partial charge in [-0.2, -0.15) is 0 Å². The van der Waals surface area contributed by atoms with E-state index in [1.807, 2.05) is 24.3 Å². The molecule has 1 aliphatic rings. The number of sulfone groups is 1. The Morgan fingerprint density at radius 1 is 1.29 bits per heavy atom. The highest BCUT2D eigenvalue weighted by molar-refractivity contribution is 7.91. The molecule has 5 heteroatoms. The molecule has 21 heavy (non-hydrogen) atoms. The average molecular weight is 311 g/mol. The van der Waals surface area contributed by atoms with Gasteiger partial charge in [-0.25, -0.2) is 8.42 Å². The fraction of sp³-hybridized carbons (Fsp3) is 0.625. The van der Waals surface area contributed by atoms with E-state index in [1.54, 1.807) is 7.11 Å². The van der Waals surface area contributed by atoms with Gasteiger partial charge in [0.25, 0.3) is 0 Å². The summed E-state index contributed by atoms with van der Waals surface area (Å²) in [6, 6.07) is 8.34. The molecule has 0 aliphatic heterocycles.